The number of aromatic nitrogens is 1. The summed E-state index contributed by atoms with van der Waals surface area (Å²) < 4.78 is 31.9. The zero-order valence-electron chi connectivity index (χ0n) is 16.2. The predicted molar refractivity (Wildman–Crippen MR) is 119 cm³/mol. The van der Waals surface area contributed by atoms with Crippen molar-refractivity contribution in [1.82, 2.24) is 4.98 Å². The van der Waals surface area contributed by atoms with Gasteiger partial charge in [-0.05, 0) is 48.0 Å². The molecule has 0 radical (unpaired) electrons. The van der Waals surface area contributed by atoms with Gasteiger partial charge in [0.25, 0.3) is 0 Å². The van der Waals surface area contributed by atoms with Crippen LogP contribution in [0.2, 0.25) is 5.02 Å². The Hall–Kier alpha value is -3.09. The van der Waals surface area contributed by atoms with E-state index in [1.54, 1.807) is 19.2 Å². The second-order valence-electron chi connectivity index (χ2n) is 6.67. The normalized spacial score (nSPS) is 11.4. The number of nitrogens with zero attached hydrogens (tertiary/aromatic N) is 1. The Morgan fingerprint density at radius 1 is 0.967 bits per heavy atom. The van der Waals surface area contributed by atoms with E-state index in [0.29, 0.717) is 22.8 Å². The van der Waals surface area contributed by atoms with Crippen LogP contribution in [0.5, 0.6) is 5.75 Å². The summed E-state index contributed by atoms with van der Waals surface area (Å²) in [6.07, 6.45) is 1.41. The Morgan fingerprint density at radius 2 is 1.67 bits per heavy atom. The Balaban J connectivity index is 1.78. The molecule has 0 spiro atoms. The number of halogens is 1. The van der Waals surface area contributed by atoms with Gasteiger partial charge in [-0.2, -0.15) is 0 Å². The first-order valence-electron chi connectivity index (χ1n) is 9.24. The van der Waals surface area contributed by atoms with Crippen molar-refractivity contribution in [1.29, 1.82) is 0 Å². The van der Waals surface area contributed by atoms with Crippen LogP contribution in [0.1, 0.15) is 5.56 Å². The highest BCUT2D eigenvalue weighted by atomic mass is 35.5. The second-order valence-corrected chi connectivity index (χ2v) is 9.03. The topological polar surface area (TPSA) is 68.3 Å². The molecule has 0 amide bonds. The van der Waals surface area contributed by atoms with Crippen molar-refractivity contribution in [3.63, 3.8) is 0 Å². The van der Waals surface area contributed by atoms with Gasteiger partial charge in [0, 0.05) is 23.2 Å². The van der Waals surface area contributed by atoms with Crippen molar-refractivity contribution in [2.75, 3.05) is 12.4 Å². The number of hydrogen-bond donors (Lipinski definition) is 1. The van der Waals surface area contributed by atoms with E-state index in [1.807, 2.05) is 48.5 Å². The number of nitrogens with one attached hydrogen (secondary N) is 1. The molecule has 1 aromatic heterocycles. The molecule has 0 atom stereocenters. The molecule has 152 valence electrons. The SMILES string of the molecule is COc1ccc(CNc2c(S(=O)(=O)c3ccc(Cl)cc3)cnc3ccccc23)cc1. The van der Waals surface area contributed by atoms with Crippen LogP contribution in [0.3, 0.4) is 0 Å². The number of fused-ring (bicyclic) bond motifs is 1. The summed E-state index contributed by atoms with van der Waals surface area (Å²) in [6.45, 7) is 0.446. The second kappa shape index (κ2) is 8.34. The van der Waals surface area contributed by atoms with Crippen LogP contribution < -0.4 is 10.1 Å². The lowest BCUT2D eigenvalue weighted by atomic mass is 10.1. The lowest BCUT2D eigenvalue weighted by Crippen LogP contribution is -2.09. The highest BCUT2D eigenvalue weighted by Gasteiger charge is 2.23. The number of benzene rings is 3. The summed E-state index contributed by atoms with van der Waals surface area (Å²) in [5.74, 6) is 0.763. The fourth-order valence-electron chi connectivity index (χ4n) is 3.18. The number of anilines is 1. The summed E-state index contributed by atoms with van der Waals surface area (Å²) in [6, 6.07) is 21.2. The molecule has 5 nitrogen and oxygen atoms in total. The summed E-state index contributed by atoms with van der Waals surface area (Å²) in [4.78, 5) is 4.65. The molecule has 0 unspecified atom stereocenters. The van der Waals surface area contributed by atoms with E-state index in [0.717, 1.165) is 16.7 Å². The molecule has 0 aliphatic carbocycles. The number of methoxy groups -OCH3 is 1. The molecule has 0 aliphatic rings. The van der Waals surface area contributed by atoms with Gasteiger partial charge in [-0.25, -0.2) is 8.42 Å². The lowest BCUT2D eigenvalue weighted by Gasteiger charge is -2.15. The third kappa shape index (κ3) is 3.97. The first-order valence-corrected chi connectivity index (χ1v) is 11.1. The monoisotopic (exact) mass is 438 g/mol. The van der Waals surface area contributed by atoms with Crippen LogP contribution in [0.15, 0.2) is 88.8 Å². The van der Waals surface area contributed by atoms with Gasteiger partial charge in [-0.15, -0.1) is 0 Å². The summed E-state index contributed by atoms with van der Waals surface area (Å²) in [5.41, 5.74) is 2.22. The molecule has 3 aromatic carbocycles. The zero-order chi connectivity index (χ0) is 21.1. The molecule has 0 aliphatic heterocycles. The summed E-state index contributed by atoms with van der Waals surface area (Å²) >= 11 is 5.93. The van der Waals surface area contributed by atoms with Gasteiger partial charge in [0.15, 0.2) is 0 Å². The van der Waals surface area contributed by atoms with Crippen LogP contribution in [-0.2, 0) is 16.4 Å². The molecule has 4 aromatic rings. The van der Waals surface area contributed by atoms with E-state index >= 15 is 0 Å². The van der Waals surface area contributed by atoms with Gasteiger partial charge < -0.3 is 10.1 Å². The molecule has 0 saturated carbocycles. The van der Waals surface area contributed by atoms with E-state index in [9.17, 15) is 8.42 Å². The van der Waals surface area contributed by atoms with E-state index in [1.165, 1.54) is 18.3 Å². The first kappa shape index (κ1) is 20.2. The van der Waals surface area contributed by atoms with E-state index < -0.39 is 9.84 Å². The van der Waals surface area contributed by atoms with Crippen LogP contribution in [-0.4, -0.2) is 20.5 Å². The summed E-state index contributed by atoms with van der Waals surface area (Å²) in [5, 5.41) is 4.52. The largest absolute Gasteiger partial charge is 0.497 e. The zero-order valence-corrected chi connectivity index (χ0v) is 17.7. The Bertz CT molecular complexity index is 1290. The first-order chi connectivity index (χ1) is 14.5. The molecule has 1 heterocycles. The molecule has 1 N–H and O–H groups in total. The number of ether oxygens (including phenoxy) is 1. The molecular weight excluding hydrogens is 420 g/mol. The summed E-state index contributed by atoms with van der Waals surface area (Å²) in [7, 11) is -2.18. The van der Waals surface area contributed by atoms with E-state index in [2.05, 4.69) is 10.3 Å². The highest BCUT2D eigenvalue weighted by molar-refractivity contribution is 7.91. The maximum atomic E-state index is 13.4. The maximum absolute atomic E-state index is 13.4. The van der Waals surface area contributed by atoms with Gasteiger partial charge in [0.1, 0.15) is 10.6 Å². The number of para-hydroxylation sites is 1. The van der Waals surface area contributed by atoms with Crippen molar-refractivity contribution in [2.24, 2.45) is 0 Å². The van der Waals surface area contributed by atoms with Crippen molar-refractivity contribution in [3.8, 4) is 5.75 Å². The molecule has 30 heavy (non-hydrogen) atoms. The average molecular weight is 439 g/mol. The predicted octanol–water partition coefficient (Wildman–Crippen LogP) is 5.34. The van der Waals surface area contributed by atoms with Crippen LogP contribution in [0, 0.1) is 0 Å². The van der Waals surface area contributed by atoms with E-state index in [-0.39, 0.29) is 9.79 Å². The quantitative estimate of drug-likeness (QED) is 0.440. The van der Waals surface area contributed by atoms with Crippen molar-refractivity contribution < 1.29 is 13.2 Å². The number of pyridine rings is 1. The Kier molecular flexibility index (Phi) is 5.61. The Morgan fingerprint density at radius 3 is 2.37 bits per heavy atom. The standard InChI is InChI=1S/C23H19ClN2O3S/c1-29-18-10-6-16(7-11-18)14-26-23-20-4-2-3-5-21(20)25-15-22(23)30(27,28)19-12-8-17(24)9-13-19/h2-13,15H,14H2,1H3,(H,25,26). The highest BCUT2D eigenvalue weighted by Crippen LogP contribution is 2.33. The van der Waals surface area contributed by atoms with E-state index in [4.69, 9.17) is 16.3 Å². The van der Waals surface area contributed by atoms with Crippen LogP contribution >= 0.6 is 11.6 Å². The number of rotatable bonds is 6. The van der Waals surface area contributed by atoms with Crippen LogP contribution in [0.25, 0.3) is 10.9 Å². The number of hydrogen-bond acceptors (Lipinski definition) is 5. The minimum Gasteiger partial charge on any atom is -0.497 e. The van der Waals surface area contributed by atoms with Crippen molar-refractivity contribution in [3.05, 3.63) is 89.6 Å². The smallest absolute Gasteiger partial charge is 0.210 e. The van der Waals surface area contributed by atoms with Crippen molar-refractivity contribution >= 4 is 38.0 Å². The fraction of sp³-hybridized carbons (Fsp3) is 0.0870. The minimum atomic E-state index is -3.80. The van der Waals surface area contributed by atoms with Crippen LogP contribution in [0.4, 0.5) is 5.69 Å². The van der Waals surface area contributed by atoms with Crippen molar-refractivity contribution in [2.45, 2.75) is 16.3 Å². The molecular formula is C23H19ClN2O3S. The lowest BCUT2D eigenvalue weighted by molar-refractivity contribution is 0.414. The molecule has 4 rings (SSSR count). The fourth-order valence-corrected chi connectivity index (χ4v) is 4.70. The third-order valence-corrected chi connectivity index (χ3v) is 6.82. The van der Waals surface area contributed by atoms with Gasteiger partial charge in [0.2, 0.25) is 9.84 Å². The molecule has 0 bridgehead atoms. The average Bonchev–Trinajstić information content (AvgIpc) is 2.78. The molecule has 7 heteroatoms. The third-order valence-electron chi connectivity index (χ3n) is 4.78. The van der Waals surface area contributed by atoms with Gasteiger partial charge in [0.05, 0.1) is 23.2 Å². The Labute approximate surface area is 180 Å². The van der Waals surface area contributed by atoms with Gasteiger partial charge in [-0.1, -0.05) is 41.9 Å². The minimum absolute atomic E-state index is 0.122. The maximum Gasteiger partial charge on any atom is 0.210 e. The molecule has 0 fully saturated rings. The van der Waals surface area contributed by atoms with Gasteiger partial charge in [-0.3, -0.25) is 4.98 Å². The molecule has 0 saturated heterocycles. The number of sulfone groups is 1. The van der Waals surface area contributed by atoms with Gasteiger partial charge >= 0.3 is 0 Å².